The van der Waals surface area contributed by atoms with Gasteiger partial charge in [-0.05, 0) is 55.3 Å². The molecule has 0 spiro atoms. The second-order valence-electron chi connectivity index (χ2n) is 7.77. The molecule has 0 saturated carbocycles. The predicted octanol–water partition coefficient (Wildman–Crippen LogP) is 5.61. The minimum Gasteiger partial charge on any atom is -0.494 e. The van der Waals surface area contributed by atoms with E-state index >= 15 is 0 Å². The highest BCUT2D eigenvalue weighted by molar-refractivity contribution is 5.90. The molecule has 2 N–H and O–H groups in total. The maximum absolute atomic E-state index is 5.56. The molecule has 5 rings (SSSR count). The van der Waals surface area contributed by atoms with E-state index in [1.807, 2.05) is 72.3 Å². The van der Waals surface area contributed by atoms with Crippen molar-refractivity contribution in [3.63, 3.8) is 0 Å². The average molecular weight is 451 g/mol. The summed E-state index contributed by atoms with van der Waals surface area (Å²) in [7, 11) is 0. The summed E-state index contributed by atoms with van der Waals surface area (Å²) in [5.74, 6) is 2.08. The zero-order valence-electron chi connectivity index (χ0n) is 19.0. The first kappa shape index (κ1) is 21.5. The molecule has 0 aliphatic heterocycles. The summed E-state index contributed by atoms with van der Waals surface area (Å²) >= 11 is 0. The van der Waals surface area contributed by atoms with Crippen LogP contribution in [0.3, 0.4) is 0 Å². The molecule has 5 aromatic rings. The number of aromatic nitrogens is 4. The molecular weight excluding hydrogens is 424 g/mol. The van der Waals surface area contributed by atoms with E-state index in [-0.39, 0.29) is 0 Å². The molecule has 3 aromatic carbocycles. The van der Waals surface area contributed by atoms with E-state index in [1.54, 1.807) is 6.20 Å². The highest BCUT2D eigenvalue weighted by Gasteiger charge is 2.14. The quantitative estimate of drug-likeness (QED) is 0.304. The van der Waals surface area contributed by atoms with Crippen LogP contribution in [0, 0.1) is 0 Å². The molecule has 0 fully saturated rings. The summed E-state index contributed by atoms with van der Waals surface area (Å²) in [5, 5.41) is 12.3. The normalized spacial score (nSPS) is 10.9. The fourth-order valence-corrected chi connectivity index (χ4v) is 3.74. The van der Waals surface area contributed by atoms with Gasteiger partial charge in [-0.3, -0.25) is 0 Å². The number of anilines is 3. The maximum atomic E-state index is 5.56. The first-order valence-corrected chi connectivity index (χ1v) is 11.4. The topological polar surface area (TPSA) is 76.9 Å². The van der Waals surface area contributed by atoms with Crippen LogP contribution in [0.1, 0.15) is 12.5 Å². The van der Waals surface area contributed by atoms with Crippen LogP contribution in [0.25, 0.3) is 16.7 Å². The van der Waals surface area contributed by atoms with E-state index in [9.17, 15) is 0 Å². The van der Waals surface area contributed by atoms with Gasteiger partial charge in [0.2, 0.25) is 5.95 Å². The number of benzene rings is 3. The van der Waals surface area contributed by atoms with E-state index in [1.165, 1.54) is 5.56 Å². The number of hydrogen-bond donors (Lipinski definition) is 2. The minimum absolute atomic E-state index is 0.551. The van der Waals surface area contributed by atoms with Crippen LogP contribution in [0.5, 0.6) is 5.75 Å². The summed E-state index contributed by atoms with van der Waals surface area (Å²) < 4.78 is 7.39. The molecule has 0 radical (unpaired) electrons. The Kier molecular flexibility index (Phi) is 6.34. The number of para-hydroxylation sites is 1. The van der Waals surface area contributed by atoms with Crippen molar-refractivity contribution >= 4 is 28.5 Å². The lowest BCUT2D eigenvalue weighted by atomic mass is 10.1. The Bertz CT molecular complexity index is 1350. The molecule has 2 heterocycles. The molecule has 0 amide bonds. The third kappa shape index (κ3) is 4.83. The number of nitrogens with zero attached hydrogens (tertiary/aromatic N) is 4. The first-order chi connectivity index (χ1) is 16.8. The Hall–Kier alpha value is -4.39. The molecule has 0 atom stereocenters. The van der Waals surface area contributed by atoms with Crippen LogP contribution in [0.4, 0.5) is 17.5 Å². The number of rotatable bonds is 9. The van der Waals surface area contributed by atoms with Crippen LogP contribution in [0.2, 0.25) is 0 Å². The molecule has 0 aliphatic carbocycles. The molecule has 2 aromatic heterocycles. The smallest absolute Gasteiger partial charge is 0.226 e. The van der Waals surface area contributed by atoms with Crippen molar-refractivity contribution in [3.05, 3.63) is 96.7 Å². The van der Waals surface area contributed by atoms with E-state index in [4.69, 9.17) is 14.7 Å². The van der Waals surface area contributed by atoms with Crippen molar-refractivity contribution < 1.29 is 4.74 Å². The third-order valence-corrected chi connectivity index (χ3v) is 5.40. The zero-order chi connectivity index (χ0) is 23.2. The third-order valence-electron chi connectivity index (χ3n) is 5.40. The van der Waals surface area contributed by atoms with Crippen LogP contribution in [-0.2, 0) is 6.42 Å². The van der Waals surface area contributed by atoms with Gasteiger partial charge >= 0.3 is 0 Å². The van der Waals surface area contributed by atoms with Crippen LogP contribution < -0.4 is 15.4 Å². The van der Waals surface area contributed by atoms with Gasteiger partial charge in [-0.25, -0.2) is 4.68 Å². The van der Waals surface area contributed by atoms with Crippen molar-refractivity contribution in [2.75, 3.05) is 23.8 Å². The van der Waals surface area contributed by atoms with Gasteiger partial charge in [0, 0.05) is 12.2 Å². The number of fused-ring (bicyclic) bond motifs is 1. The Labute approximate surface area is 198 Å². The highest BCUT2D eigenvalue weighted by Crippen LogP contribution is 2.27. The van der Waals surface area contributed by atoms with E-state index in [0.717, 1.165) is 41.1 Å². The van der Waals surface area contributed by atoms with Crippen molar-refractivity contribution in [1.29, 1.82) is 0 Å². The van der Waals surface area contributed by atoms with Gasteiger partial charge in [-0.2, -0.15) is 15.1 Å². The zero-order valence-corrected chi connectivity index (χ0v) is 19.0. The van der Waals surface area contributed by atoms with E-state index in [0.29, 0.717) is 18.4 Å². The molecule has 0 unspecified atom stereocenters. The average Bonchev–Trinajstić information content (AvgIpc) is 3.31. The van der Waals surface area contributed by atoms with Crippen LogP contribution in [-0.4, -0.2) is 32.9 Å². The summed E-state index contributed by atoms with van der Waals surface area (Å²) in [6.07, 6.45) is 2.68. The van der Waals surface area contributed by atoms with Gasteiger partial charge in [-0.15, -0.1) is 0 Å². The van der Waals surface area contributed by atoms with Gasteiger partial charge < -0.3 is 15.4 Å². The molecular formula is C27H26N6O. The Morgan fingerprint density at radius 3 is 2.32 bits per heavy atom. The largest absolute Gasteiger partial charge is 0.494 e. The second kappa shape index (κ2) is 10.0. The lowest BCUT2D eigenvalue weighted by Gasteiger charge is -2.12. The Balaban J connectivity index is 1.47. The standard InChI is InChI=1S/C27H26N6O/c1-2-34-23-15-13-21(14-16-23)30-25-24-19-29-33(22-11-7-4-8-12-22)26(24)32-27(31-25)28-18-17-20-9-5-3-6-10-20/h3-16,19H,2,17-18H2,1H3,(H2,28,30,31,32). The van der Waals surface area contributed by atoms with Gasteiger partial charge in [-0.1, -0.05) is 48.5 Å². The van der Waals surface area contributed by atoms with Crippen molar-refractivity contribution in [3.8, 4) is 11.4 Å². The maximum Gasteiger partial charge on any atom is 0.226 e. The highest BCUT2D eigenvalue weighted by atomic mass is 16.5. The number of ether oxygens (including phenoxy) is 1. The molecule has 170 valence electrons. The van der Waals surface area contributed by atoms with Gasteiger partial charge in [0.1, 0.15) is 11.6 Å². The summed E-state index contributed by atoms with van der Waals surface area (Å²) in [5.41, 5.74) is 3.85. The van der Waals surface area contributed by atoms with E-state index < -0.39 is 0 Å². The fourth-order valence-electron chi connectivity index (χ4n) is 3.74. The molecule has 7 nitrogen and oxygen atoms in total. The summed E-state index contributed by atoms with van der Waals surface area (Å²) in [6, 6.07) is 28.2. The Morgan fingerprint density at radius 1 is 0.853 bits per heavy atom. The van der Waals surface area contributed by atoms with Crippen LogP contribution in [0.15, 0.2) is 91.1 Å². The lowest BCUT2D eigenvalue weighted by Crippen LogP contribution is -2.10. The van der Waals surface area contributed by atoms with Crippen LogP contribution >= 0.6 is 0 Å². The minimum atomic E-state index is 0.551. The SMILES string of the molecule is CCOc1ccc(Nc2nc(NCCc3ccccc3)nc3c2cnn3-c2ccccc2)cc1. The summed E-state index contributed by atoms with van der Waals surface area (Å²) in [6.45, 7) is 3.33. The number of nitrogens with one attached hydrogen (secondary N) is 2. The first-order valence-electron chi connectivity index (χ1n) is 11.4. The van der Waals surface area contributed by atoms with Gasteiger partial charge in [0.15, 0.2) is 5.65 Å². The van der Waals surface area contributed by atoms with Crippen molar-refractivity contribution in [1.82, 2.24) is 19.7 Å². The van der Waals surface area contributed by atoms with Gasteiger partial charge in [0.25, 0.3) is 0 Å². The Morgan fingerprint density at radius 2 is 1.59 bits per heavy atom. The monoisotopic (exact) mass is 450 g/mol. The lowest BCUT2D eigenvalue weighted by molar-refractivity contribution is 0.340. The molecule has 0 aliphatic rings. The van der Waals surface area contributed by atoms with Crippen molar-refractivity contribution in [2.24, 2.45) is 0 Å². The number of hydrogen-bond acceptors (Lipinski definition) is 6. The van der Waals surface area contributed by atoms with Crippen molar-refractivity contribution in [2.45, 2.75) is 13.3 Å². The molecule has 0 saturated heterocycles. The molecule has 0 bridgehead atoms. The second-order valence-corrected chi connectivity index (χ2v) is 7.77. The molecule has 7 heteroatoms. The molecule has 34 heavy (non-hydrogen) atoms. The predicted molar refractivity (Wildman–Crippen MR) is 136 cm³/mol. The van der Waals surface area contributed by atoms with E-state index in [2.05, 4.69) is 40.0 Å². The summed E-state index contributed by atoms with van der Waals surface area (Å²) in [4.78, 5) is 9.58. The fraction of sp³-hybridized carbons (Fsp3) is 0.148. The van der Waals surface area contributed by atoms with Gasteiger partial charge in [0.05, 0.1) is 23.9 Å².